The Bertz CT molecular complexity index is 1130. The average Bonchev–Trinajstić information content (AvgIpc) is 3.21. The lowest BCUT2D eigenvalue weighted by atomic mass is 9.74. The van der Waals surface area contributed by atoms with Crippen LogP contribution in [0.15, 0.2) is 46.9 Å². The van der Waals surface area contributed by atoms with E-state index in [2.05, 4.69) is 26.2 Å². The predicted molar refractivity (Wildman–Crippen MR) is 108 cm³/mol. The number of halogens is 2. The molecule has 1 spiro atoms. The van der Waals surface area contributed by atoms with E-state index in [-0.39, 0.29) is 17.4 Å². The second kappa shape index (κ2) is 6.25. The number of hydrogen-bond donors (Lipinski definition) is 2. The summed E-state index contributed by atoms with van der Waals surface area (Å²) in [6.45, 7) is 1.46. The summed E-state index contributed by atoms with van der Waals surface area (Å²) in [6.07, 6.45) is 1.30. The number of nitrogens with one attached hydrogen (secondary N) is 2. The fraction of sp³-hybridized carbons (Fsp3) is 0.238. The van der Waals surface area contributed by atoms with E-state index in [9.17, 15) is 14.0 Å². The van der Waals surface area contributed by atoms with Crippen molar-refractivity contribution in [2.45, 2.75) is 18.3 Å². The molecule has 3 heterocycles. The SMILES string of the molecule is O=C(c1cc2cc(F)ccc2[nH]1)N1C(=O)C2(CCNCC2)c2cc(Br)ccc21. The van der Waals surface area contributed by atoms with Crippen molar-refractivity contribution >= 4 is 44.3 Å². The van der Waals surface area contributed by atoms with Crippen LogP contribution in [0.3, 0.4) is 0 Å². The molecule has 5 rings (SSSR count). The van der Waals surface area contributed by atoms with Gasteiger partial charge in [0.25, 0.3) is 5.91 Å². The van der Waals surface area contributed by atoms with E-state index < -0.39 is 11.3 Å². The van der Waals surface area contributed by atoms with E-state index in [4.69, 9.17) is 0 Å². The van der Waals surface area contributed by atoms with Crippen molar-refractivity contribution in [3.05, 3.63) is 64.0 Å². The summed E-state index contributed by atoms with van der Waals surface area (Å²) in [7, 11) is 0. The topological polar surface area (TPSA) is 65.2 Å². The molecule has 1 saturated heterocycles. The molecule has 0 saturated carbocycles. The monoisotopic (exact) mass is 441 g/mol. The van der Waals surface area contributed by atoms with Gasteiger partial charge >= 0.3 is 0 Å². The highest BCUT2D eigenvalue weighted by Crippen LogP contribution is 2.48. The second-order valence-electron chi connectivity index (χ2n) is 7.35. The molecule has 2 N–H and O–H groups in total. The summed E-state index contributed by atoms with van der Waals surface area (Å²) >= 11 is 3.49. The lowest BCUT2D eigenvalue weighted by Gasteiger charge is -2.32. The predicted octanol–water partition coefficient (Wildman–Crippen LogP) is 3.88. The number of hydrogen-bond acceptors (Lipinski definition) is 3. The van der Waals surface area contributed by atoms with Crippen LogP contribution in [-0.4, -0.2) is 29.9 Å². The molecule has 0 radical (unpaired) electrons. The minimum atomic E-state index is -0.682. The molecule has 1 aromatic heterocycles. The number of carbonyl (C=O) groups is 2. The van der Waals surface area contributed by atoms with Gasteiger partial charge in [0, 0.05) is 15.4 Å². The zero-order valence-electron chi connectivity index (χ0n) is 14.9. The van der Waals surface area contributed by atoms with E-state index in [1.54, 1.807) is 12.1 Å². The van der Waals surface area contributed by atoms with Crippen molar-refractivity contribution in [2.75, 3.05) is 18.0 Å². The first-order valence-electron chi connectivity index (χ1n) is 9.17. The summed E-state index contributed by atoms with van der Waals surface area (Å²) in [6, 6.07) is 11.5. The maximum Gasteiger partial charge on any atom is 0.281 e. The number of amides is 2. The number of nitrogens with zero attached hydrogens (tertiary/aromatic N) is 1. The molecular weight excluding hydrogens is 425 g/mol. The van der Waals surface area contributed by atoms with Gasteiger partial charge in [0.1, 0.15) is 11.5 Å². The molecule has 142 valence electrons. The molecule has 2 aromatic carbocycles. The molecule has 1 fully saturated rings. The molecule has 0 bridgehead atoms. The summed E-state index contributed by atoms with van der Waals surface area (Å²) < 4.78 is 14.4. The fourth-order valence-electron chi connectivity index (χ4n) is 4.40. The number of carbonyl (C=O) groups excluding carboxylic acids is 2. The molecule has 2 amide bonds. The van der Waals surface area contributed by atoms with E-state index in [1.165, 1.54) is 17.0 Å². The highest BCUT2D eigenvalue weighted by Gasteiger charge is 2.53. The van der Waals surface area contributed by atoms with Gasteiger partial charge in [-0.3, -0.25) is 9.59 Å². The summed E-state index contributed by atoms with van der Waals surface area (Å²) in [5, 5.41) is 3.89. The first-order valence-corrected chi connectivity index (χ1v) is 9.97. The van der Waals surface area contributed by atoms with Crippen molar-refractivity contribution in [3.8, 4) is 0 Å². The van der Waals surface area contributed by atoms with Crippen molar-refractivity contribution < 1.29 is 14.0 Å². The average molecular weight is 442 g/mol. The Labute approximate surface area is 169 Å². The molecule has 5 nitrogen and oxygen atoms in total. The Morgan fingerprint density at radius 1 is 1.11 bits per heavy atom. The van der Waals surface area contributed by atoms with Crippen LogP contribution in [0.25, 0.3) is 10.9 Å². The number of anilines is 1. The van der Waals surface area contributed by atoms with Gasteiger partial charge in [-0.25, -0.2) is 9.29 Å². The van der Waals surface area contributed by atoms with E-state index in [1.807, 2.05) is 18.2 Å². The minimum absolute atomic E-state index is 0.183. The zero-order chi connectivity index (χ0) is 19.5. The number of aromatic nitrogens is 1. The maximum atomic E-state index is 13.5. The van der Waals surface area contributed by atoms with Crippen LogP contribution in [0.4, 0.5) is 10.1 Å². The Hall–Kier alpha value is -2.51. The Kier molecular flexibility index (Phi) is 3.93. The molecule has 0 aliphatic carbocycles. The van der Waals surface area contributed by atoms with Gasteiger partial charge in [-0.1, -0.05) is 15.9 Å². The number of imide groups is 1. The van der Waals surface area contributed by atoms with Crippen LogP contribution in [0.1, 0.15) is 28.9 Å². The van der Waals surface area contributed by atoms with Gasteiger partial charge in [0.15, 0.2) is 0 Å². The third kappa shape index (κ3) is 2.46. The van der Waals surface area contributed by atoms with Gasteiger partial charge in [-0.2, -0.15) is 0 Å². The standard InChI is InChI=1S/C21H17BrFN3O2/c22-13-1-4-18-15(11-13)21(5-7-24-8-6-21)20(28)26(18)19(27)17-10-12-9-14(23)2-3-16(12)25-17/h1-4,9-11,24-25H,5-8H2. The lowest BCUT2D eigenvalue weighted by molar-refractivity contribution is -0.123. The molecule has 7 heteroatoms. The van der Waals surface area contributed by atoms with E-state index in [0.717, 1.165) is 23.1 Å². The lowest BCUT2D eigenvalue weighted by Crippen LogP contribution is -2.48. The molecule has 0 atom stereocenters. The van der Waals surface area contributed by atoms with Gasteiger partial charge in [-0.05, 0) is 74.0 Å². The first-order chi connectivity index (χ1) is 13.5. The van der Waals surface area contributed by atoms with E-state index in [0.29, 0.717) is 29.4 Å². The Balaban J connectivity index is 1.63. The summed E-state index contributed by atoms with van der Waals surface area (Å²) in [5.74, 6) is -0.968. The van der Waals surface area contributed by atoms with Crippen LogP contribution < -0.4 is 10.2 Å². The number of benzene rings is 2. The zero-order valence-corrected chi connectivity index (χ0v) is 16.5. The number of aromatic amines is 1. The van der Waals surface area contributed by atoms with Gasteiger partial charge < -0.3 is 10.3 Å². The highest BCUT2D eigenvalue weighted by molar-refractivity contribution is 9.10. The Morgan fingerprint density at radius 2 is 1.89 bits per heavy atom. The summed E-state index contributed by atoms with van der Waals surface area (Å²) in [4.78, 5) is 31.2. The van der Waals surface area contributed by atoms with Crippen LogP contribution in [0, 0.1) is 5.82 Å². The molecule has 28 heavy (non-hydrogen) atoms. The van der Waals surface area contributed by atoms with Gasteiger partial charge in [-0.15, -0.1) is 0 Å². The second-order valence-corrected chi connectivity index (χ2v) is 8.27. The van der Waals surface area contributed by atoms with Crippen LogP contribution in [0.5, 0.6) is 0 Å². The smallest absolute Gasteiger partial charge is 0.281 e. The van der Waals surface area contributed by atoms with Crippen molar-refractivity contribution in [1.29, 1.82) is 0 Å². The van der Waals surface area contributed by atoms with Crippen molar-refractivity contribution in [3.63, 3.8) is 0 Å². The fourth-order valence-corrected chi connectivity index (χ4v) is 4.76. The van der Waals surface area contributed by atoms with Crippen LogP contribution in [0.2, 0.25) is 0 Å². The molecule has 0 unspecified atom stereocenters. The largest absolute Gasteiger partial charge is 0.350 e. The highest BCUT2D eigenvalue weighted by atomic mass is 79.9. The van der Waals surface area contributed by atoms with Crippen molar-refractivity contribution in [2.24, 2.45) is 0 Å². The third-order valence-electron chi connectivity index (χ3n) is 5.80. The normalized spacial score (nSPS) is 18.1. The van der Waals surface area contributed by atoms with Gasteiger partial charge in [0.05, 0.1) is 11.1 Å². The summed E-state index contributed by atoms with van der Waals surface area (Å²) in [5.41, 5.74) is 1.77. The van der Waals surface area contributed by atoms with Crippen molar-refractivity contribution in [1.82, 2.24) is 10.3 Å². The molecule has 3 aromatic rings. The molecular formula is C21H17BrFN3O2. The number of piperidine rings is 1. The number of H-pyrrole nitrogens is 1. The maximum absolute atomic E-state index is 13.5. The quantitative estimate of drug-likeness (QED) is 0.563. The third-order valence-corrected chi connectivity index (χ3v) is 6.29. The first kappa shape index (κ1) is 17.6. The van der Waals surface area contributed by atoms with E-state index >= 15 is 0 Å². The number of fused-ring (bicyclic) bond motifs is 3. The van der Waals surface area contributed by atoms with Gasteiger partial charge in [0.2, 0.25) is 5.91 Å². The van der Waals surface area contributed by atoms with Crippen LogP contribution >= 0.6 is 15.9 Å². The minimum Gasteiger partial charge on any atom is -0.350 e. The molecule has 2 aliphatic heterocycles. The molecule has 2 aliphatic rings. The Morgan fingerprint density at radius 3 is 2.68 bits per heavy atom. The number of rotatable bonds is 1. The van der Waals surface area contributed by atoms with Crippen LogP contribution in [-0.2, 0) is 10.2 Å².